The Morgan fingerprint density at radius 3 is 1.00 bits per heavy atom. The monoisotopic (exact) mass is 1190 g/mol. The van der Waals surface area contributed by atoms with Gasteiger partial charge in [0, 0.05) is 42.3 Å². The van der Waals surface area contributed by atoms with Crippen LogP contribution in [0.3, 0.4) is 0 Å². The van der Waals surface area contributed by atoms with Gasteiger partial charge in [0.25, 0.3) is 52.5 Å². The number of halogens is 2. The first-order valence-corrected chi connectivity index (χ1v) is 24.6. The van der Waals surface area contributed by atoms with Crippen LogP contribution in [0.1, 0.15) is 131 Å². The summed E-state index contributed by atoms with van der Waals surface area (Å²) in [5.74, 6) is -8.35. The molecule has 76 heavy (non-hydrogen) atoms. The van der Waals surface area contributed by atoms with E-state index in [-0.39, 0.29) is 68.2 Å². The number of nitrogens with two attached hydrogens (primary N) is 1. The first kappa shape index (κ1) is 62.6. The lowest BCUT2D eigenvalue weighted by Crippen LogP contribution is -2.49. The molecule has 6 rings (SSSR count). The van der Waals surface area contributed by atoms with Crippen LogP contribution in [0, 0.1) is 59.9 Å². The molecule has 26 nitrogen and oxygen atoms in total. The molecule has 0 spiro atoms. The summed E-state index contributed by atoms with van der Waals surface area (Å²) in [5, 5.41) is 49.3. The molecule has 6 amide bonds. The highest BCUT2D eigenvalue weighted by atomic mass is 79.9. The largest absolute Gasteiger partial charge is 0.480 e. The van der Waals surface area contributed by atoms with Gasteiger partial charge in [0.05, 0.1) is 48.2 Å². The molecular weight excluding hydrogens is 1140 g/mol. The number of non-ortho nitro benzene ring substituents is 3. The molecule has 408 valence electrons. The van der Waals surface area contributed by atoms with Crippen LogP contribution in [0.5, 0.6) is 0 Å². The standard InChI is InChI=1S/C17H19BrN2O6.C13H11BrN2O5.C13H12N2O6.C5H11NO2/c1-8(2)13(17(23)26-14(18)9(3)4)19-15(21)11-6-5-10(20(24)25)7-12(11)16(19)22;1-6(2)10(11(14)17)15-12(18)8-4-3-7(16(20)21)5-9(8)13(15)19;1-6(2)10(13(18)19)14-11(16)8-4-3-7(15(20)21)5-9(8)12(14)17;1-3(2)4(6)5(7)8/h5-9,13-14H,1-4H3;3-6,10H,1-2H3;3-6,10H,1-2H3,(H,18,19);3-4H,6H2,1-2H3,(H,7,8)/t13-,14?;2*10-;4-/m1111/s1. The summed E-state index contributed by atoms with van der Waals surface area (Å²) in [7, 11) is 0. The Hall–Kier alpha value is -7.72. The van der Waals surface area contributed by atoms with E-state index in [1.165, 1.54) is 18.2 Å². The quantitative estimate of drug-likeness (QED) is 0.0338. The maximum absolute atomic E-state index is 12.7. The van der Waals surface area contributed by atoms with Gasteiger partial charge in [-0.1, -0.05) is 69.2 Å². The molecule has 3 aromatic carbocycles. The molecule has 0 fully saturated rings. The number of nitrogens with zero attached hydrogens (tertiary/aromatic N) is 6. The zero-order valence-electron chi connectivity index (χ0n) is 42.3. The van der Waals surface area contributed by atoms with Crippen molar-refractivity contribution in [3.8, 4) is 0 Å². The Balaban J connectivity index is 0.000000281. The van der Waals surface area contributed by atoms with Gasteiger partial charge in [-0.3, -0.25) is 83.4 Å². The highest BCUT2D eigenvalue weighted by molar-refractivity contribution is 9.18. The van der Waals surface area contributed by atoms with Crippen molar-refractivity contribution in [2.45, 2.75) is 98.4 Å². The molecule has 3 aromatic rings. The number of esters is 1. The van der Waals surface area contributed by atoms with Crippen LogP contribution in [0.2, 0.25) is 0 Å². The van der Waals surface area contributed by atoms with Crippen LogP contribution in [0.4, 0.5) is 17.1 Å². The summed E-state index contributed by atoms with van der Waals surface area (Å²) in [6.45, 7) is 17.2. The third-order valence-electron chi connectivity index (χ3n) is 11.5. The number of nitro groups is 3. The number of hydrogen-bond donors (Lipinski definition) is 3. The first-order chi connectivity index (χ1) is 35.1. The Kier molecular flexibility index (Phi) is 21.1. The minimum atomic E-state index is -1.31. The van der Waals surface area contributed by atoms with E-state index in [0.717, 1.165) is 46.2 Å². The second-order valence-corrected chi connectivity index (χ2v) is 20.4. The molecule has 1 unspecified atom stereocenters. The summed E-state index contributed by atoms with van der Waals surface area (Å²) in [4.78, 5) is 153. The second-order valence-electron chi connectivity index (χ2n) is 18.8. The summed E-state index contributed by atoms with van der Waals surface area (Å²) in [5.41, 5.74) is 4.09. The van der Waals surface area contributed by atoms with Crippen LogP contribution in [-0.2, 0) is 23.9 Å². The highest BCUT2D eigenvalue weighted by Crippen LogP contribution is 2.34. The zero-order chi connectivity index (χ0) is 58.3. The minimum absolute atomic E-state index is 0.00316. The van der Waals surface area contributed by atoms with Gasteiger partial charge >= 0.3 is 17.9 Å². The van der Waals surface area contributed by atoms with E-state index in [2.05, 4.69) is 31.9 Å². The van der Waals surface area contributed by atoms with E-state index in [9.17, 15) is 83.4 Å². The SMILES string of the molecule is CC(C)C(Br)OC(=O)[C@@H](C(C)C)N1C(=O)c2ccc([N+](=O)[O-])cc2C1=O.CC(C)[C@@H](N)C(=O)O.CC(C)[C@H](C(=O)Br)N1C(=O)c2ccc([N+](=O)[O-])cc2C1=O.CC(C)[C@H](C(=O)O)N1C(=O)c2ccc([N+](=O)[O-])cc2C1=O. The number of amides is 6. The lowest BCUT2D eigenvalue weighted by atomic mass is 10.0. The van der Waals surface area contributed by atoms with E-state index < -0.39 is 114 Å². The van der Waals surface area contributed by atoms with Crippen LogP contribution in [0.15, 0.2) is 54.6 Å². The third kappa shape index (κ3) is 13.8. The Labute approximate surface area is 449 Å². The van der Waals surface area contributed by atoms with Gasteiger partial charge in [-0.2, -0.15) is 0 Å². The summed E-state index contributed by atoms with van der Waals surface area (Å²) in [6, 6.07) is 6.09. The van der Waals surface area contributed by atoms with Gasteiger partial charge < -0.3 is 20.7 Å². The molecule has 0 aromatic heterocycles. The molecular formula is C48H53Br2N7O19. The van der Waals surface area contributed by atoms with Gasteiger partial charge in [-0.25, -0.2) is 9.59 Å². The molecule has 3 heterocycles. The topological polar surface area (TPSA) is 386 Å². The lowest BCUT2D eigenvalue weighted by molar-refractivity contribution is -0.385. The number of ether oxygens (including phenoxy) is 1. The molecule has 0 radical (unpaired) electrons. The Bertz CT molecular complexity index is 2790. The fraction of sp³-hybridized carbons (Fsp3) is 0.417. The van der Waals surface area contributed by atoms with E-state index in [4.69, 9.17) is 15.6 Å². The van der Waals surface area contributed by atoms with Crippen molar-refractivity contribution in [1.82, 2.24) is 14.7 Å². The van der Waals surface area contributed by atoms with Crippen molar-refractivity contribution in [1.29, 1.82) is 0 Å². The fourth-order valence-corrected chi connectivity index (χ4v) is 8.39. The predicted molar refractivity (Wildman–Crippen MR) is 272 cm³/mol. The van der Waals surface area contributed by atoms with E-state index in [1.54, 1.807) is 55.4 Å². The second kappa shape index (κ2) is 25.7. The van der Waals surface area contributed by atoms with Gasteiger partial charge in [0.1, 0.15) is 24.2 Å². The smallest absolute Gasteiger partial charge is 0.330 e. The number of nitro benzene ring substituents is 3. The molecule has 5 atom stereocenters. The zero-order valence-corrected chi connectivity index (χ0v) is 45.5. The minimum Gasteiger partial charge on any atom is -0.480 e. The number of carbonyl (C=O) groups excluding carboxylic acids is 8. The maximum atomic E-state index is 12.7. The number of alkyl halides is 1. The van der Waals surface area contributed by atoms with Crippen molar-refractivity contribution >= 4 is 107 Å². The molecule has 0 saturated heterocycles. The van der Waals surface area contributed by atoms with Crippen molar-refractivity contribution in [3.63, 3.8) is 0 Å². The van der Waals surface area contributed by atoms with E-state index in [0.29, 0.717) is 4.90 Å². The molecule has 0 aliphatic carbocycles. The number of hydrogen-bond acceptors (Lipinski definition) is 18. The number of rotatable bonds is 16. The molecule has 28 heteroatoms. The number of carboxylic acids is 2. The number of carbonyl (C=O) groups is 10. The lowest BCUT2D eigenvalue weighted by Gasteiger charge is -2.29. The first-order valence-electron chi connectivity index (χ1n) is 22.9. The Morgan fingerprint density at radius 2 is 0.776 bits per heavy atom. The number of aliphatic carboxylic acids is 2. The van der Waals surface area contributed by atoms with Gasteiger partial charge in [0.2, 0.25) is 4.69 Å². The van der Waals surface area contributed by atoms with Crippen molar-refractivity contribution in [2.24, 2.45) is 35.3 Å². The van der Waals surface area contributed by atoms with Gasteiger partial charge in [-0.05, 0) is 73.7 Å². The van der Waals surface area contributed by atoms with E-state index >= 15 is 0 Å². The molecule has 3 aliphatic heterocycles. The van der Waals surface area contributed by atoms with Crippen molar-refractivity contribution < 1.29 is 77.7 Å². The maximum Gasteiger partial charge on any atom is 0.330 e. The van der Waals surface area contributed by atoms with Crippen LogP contribution >= 0.6 is 31.9 Å². The fourth-order valence-electron chi connectivity index (χ4n) is 7.47. The summed E-state index contributed by atoms with van der Waals surface area (Å²) < 4.78 is 4.84. The number of fused-ring (bicyclic) bond motifs is 3. The molecule has 3 aliphatic rings. The average Bonchev–Trinajstić information content (AvgIpc) is 3.82. The Morgan fingerprint density at radius 1 is 0.487 bits per heavy atom. The van der Waals surface area contributed by atoms with Crippen LogP contribution in [0.25, 0.3) is 0 Å². The van der Waals surface area contributed by atoms with E-state index in [1.807, 2.05) is 13.8 Å². The van der Waals surface area contributed by atoms with Crippen molar-refractivity contribution in [2.75, 3.05) is 0 Å². The normalized spacial score (nSPS) is 15.4. The van der Waals surface area contributed by atoms with Crippen LogP contribution in [-0.4, -0.2) is 127 Å². The number of carboxylic acid groups (broad SMARTS) is 2. The molecule has 4 N–H and O–H groups in total. The van der Waals surface area contributed by atoms with Crippen molar-refractivity contribution in [3.05, 3.63) is 118 Å². The highest BCUT2D eigenvalue weighted by Gasteiger charge is 2.48. The van der Waals surface area contributed by atoms with Gasteiger partial charge in [0.15, 0.2) is 5.01 Å². The summed E-state index contributed by atoms with van der Waals surface area (Å²) >= 11 is 6.04. The summed E-state index contributed by atoms with van der Waals surface area (Å²) in [6.07, 6.45) is 0. The average molecular weight is 1190 g/mol. The van der Waals surface area contributed by atoms with Gasteiger partial charge in [-0.15, -0.1) is 0 Å². The third-order valence-corrected chi connectivity index (χ3v) is 13.3. The number of benzene rings is 3. The molecule has 0 saturated carbocycles. The molecule has 0 bridgehead atoms. The number of imide groups is 3. The van der Waals surface area contributed by atoms with Crippen LogP contribution < -0.4 is 5.73 Å². The predicted octanol–water partition coefficient (Wildman–Crippen LogP) is 6.63.